The molecule has 1 atom stereocenters. The summed E-state index contributed by atoms with van der Waals surface area (Å²) in [6.07, 6.45) is -0.913. The fraction of sp³-hybridized carbons (Fsp3) is 0.417. The summed E-state index contributed by atoms with van der Waals surface area (Å²) in [5.41, 5.74) is 0.590. The number of aryl methyl sites for hydroxylation is 1. The maximum absolute atomic E-state index is 12.8. The maximum atomic E-state index is 12.8. The summed E-state index contributed by atoms with van der Waals surface area (Å²) in [5.74, 6) is -1.12. The second kappa shape index (κ2) is 4.96. The van der Waals surface area contributed by atoms with Crippen LogP contribution in [0.5, 0.6) is 5.75 Å². The van der Waals surface area contributed by atoms with Crippen molar-refractivity contribution in [2.75, 3.05) is 0 Å². The lowest BCUT2D eigenvalue weighted by Gasteiger charge is -2.19. The number of carbonyl (C=O) groups is 1. The Kier molecular flexibility index (Phi) is 3.88. The molecule has 1 aromatic carbocycles. The molecule has 0 fully saturated rings. The highest BCUT2D eigenvalue weighted by Gasteiger charge is 2.23. The van der Waals surface area contributed by atoms with Crippen LogP contribution in [0, 0.1) is 18.7 Å². The van der Waals surface area contributed by atoms with Gasteiger partial charge >= 0.3 is 5.97 Å². The van der Waals surface area contributed by atoms with Crippen LogP contribution in [-0.2, 0) is 4.79 Å². The van der Waals surface area contributed by atoms with Crippen molar-refractivity contribution in [1.82, 2.24) is 0 Å². The molecule has 1 N–H and O–H groups in total. The molecule has 88 valence electrons. The molecule has 1 rings (SSSR count). The second-order valence-corrected chi connectivity index (χ2v) is 4.03. The predicted octanol–water partition coefficient (Wildman–Crippen LogP) is 2.62. The monoisotopic (exact) mass is 226 g/mol. The van der Waals surface area contributed by atoms with E-state index in [4.69, 9.17) is 9.84 Å². The third-order valence-corrected chi connectivity index (χ3v) is 2.24. The average molecular weight is 226 g/mol. The van der Waals surface area contributed by atoms with Gasteiger partial charge in [0.2, 0.25) is 0 Å². The van der Waals surface area contributed by atoms with E-state index >= 15 is 0 Å². The van der Waals surface area contributed by atoms with E-state index in [2.05, 4.69) is 0 Å². The van der Waals surface area contributed by atoms with Gasteiger partial charge in [0.25, 0.3) is 0 Å². The van der Waals surface area contributed by atoms with Crippen LogP contribution >= 0.6 is 0 Å². The fourth-order valence-electron chi connectivity index (χ4n) is 1.35. The molecule has 0 spiro atoms. The molecule has 3 nitrogen and oxygen atoms in total. The summed E-state index contributed by atoms with van der Waals surface area (Å²) in [6.45, 7) is 5.20. The first kappa shape index (κ1) is 12.5. The van der Waals surface area contributed by atoms with E-state index in [1.165, 1.54) is 18.2 Å². The normalized spacial score (nSPS) is 12.6. The van der Waals surface area contributed by atoms with Crippen LogP contribution in [0.3, 0.4) is 0 Å². The predicted molar refractivity (Wildman–Crippen MR) is 58.0 cm³/mol. The number of benzene rings is 1. The molecule has 0 aliphatic carbocycles. The van der Waals surface area contributed by atoms with Crippen molar-refractivity contribution in [3.05, 3.63) is 29.6 Å². The number of hydrogen-bond donors (Lipinski definition) is 1. The highest BCUT2D eigenvalue weighted by atomic mass is 19.1. The SMILES string of the molecule is Cc1cc(F)ccc1OC(C(=O)O)C(C)C. The first-order valence-electron chi connectivity index (χ1n) is 5.07. The van der Waals surface area contributed by atoms with Gasteiger partial charge in [0.05, 0.1) is 0 Å². The highest BCUT2D eigenvalue weighted by Crippen LogP contribution is 2.21. The van der Waals surface area contributed by atoms with Gasteiger partial charge in [-0.2, -0.15) is 0 Å². The largest absolute Gasteiger partial charge is 0.478 e. The third-order valence-electron chi connectivity index (χ3n) is 2.24. The van der Waals surface area contributed by atoms with Gasteiger partial charge < -0.3 is 9.84 Å². The minimum absolute atomic E-state index is 0.151. The summed E-state index contributed by atoms with van der Waals surface area (Å²) in [7, 11) is 0. The lowest BCUT2D eigenvalue weighted by Crippen LogP contribution is -2.32. The lowest BCUT2D eigenvalue weighted by molar-refractivity contribution is -0.147. The number of hydrogen-bond acceptors (Lipinski definition) is 2. The van der Waals surface area contributed by atoms with Gasteiger partial charge in [-0.3, -0.25) is 0 Å². The van der Waals surface area contributed by atoms with Crippen molar-refractivity contribution >= 4 is 5.97 Å². The number of rotatable bonds is 4. The zero-order chi connectivity index (χ0) is 12.3. The summed E-state index contributed by atoms with van der Waals surface area (Å²) < 4.78 is 18.2. The van der Waals surface area contributed by atoms with Gasteiger partial charge in [-0.25, -0.2) is 9.18 Å². The summed E-state index contributed by atoms with van der Waals surface area (Å²) in [4.78, 5) is 10.9. The zero-order valence-electron chi connectivity index (χ0n) is 9.53. The first-order chi connectivity index (χ1) is 7.41. The minimum Gasteiger partial charge on any atom is -0.478 e. The van der Waals surface area contributed by atoms with Crippen molar-refractivity contribution in [1.29, 1.82) is 0 Å². The smallest absolute Gasteiger partial charge is 0.345 e. The summed E-state index contributed by atoms with van der Waals surface area (Å²) in [5, 5.41) is 8.95. The van der Waals surface area contributed by atoms with E-state index in [1.54, 1.807) is 20.8 Å². The van der Waals surface area contributed by atoms with Crippen molar-refractivity contribution < 1.29 is 19.0 Å². The zero-order valence-corrected chi connectivity index (χ0v) is 9.53. The quantitative estimate of drug-likeness (QED) is 0.858. The Morgan fingerprint density at radius 1 is 1.44 bits per heavy atom. The lowest BCUT2D eigenvalue weighted by atomic mass is 10.1. The van der Waals surface area contributed by atoms with Crippen LogP contribution in [-0.4, -0.2) is 17.2 Å². The van der Waals surface area contributed by atoms with Gasteiger partial charge in [0, 0.05) is 5.92 Å². The third kappa shape index (κ3) is 2.95. The van der Waals surface area contributed by atoms with Crippen LogP contribution in [0.4, 0.5) is 4.39 Å². The van der Waals surface area contributed by atoms with Gasteiger partial charge in [0.1, 0.15) is 11.6 Å². The Hall–Kier alpha value is -1.58. The molecular weight excluding hydrogens is 211 g/mol. The molecule has 16 heavy (non-hydrogen) atoms. The molecule has 0 heterocycles. The summed E-state index contributed by atoms with van der Waals surface area (Å²) in [6, 6.07) is 4.01. The molecule has 0 aromatic heterocycles. The summed E-state index contributed by atoms with van der Waals surface area (Å²) >= 11 is 0. The van der Waals surface area contributed by atoms with Gasteiger partial charge in [0.15, 0.2) is 6.10 Å². The molecule has 4 heteroatoms. The van der Waals surface area contributed by atoms with Crippen molar-refractivity contribution in [3.8, 4) is 5.75 Å². The Balaban J connectivity index is 2.90. The van der Waals surface area contributed by atoms with E-state index in [-0.39, 0.29) is 11.7 Å². The second-order valence-electron chi connectivity index (χ2n) is 4.03. The fourth-order valence-corrected chi connectivity index (χ4v) is 1.35. The van der Waals surface area contributed by atoms with E-state index in [9.17, 15) is 9.18 Å². The standard InChI is InChI=1S/C12H15FO3/c1-7(2)11(12(14)15)16-10-5-4-9(13)6-8(10)3/h4-7,11H,1-3H3,(H,14,15). The Labute approximate surface area is 93.9 Å². The molecule has 1 aromatic rings. The van der Waals surface area contributed by atoms with Crippen molar-refractivity contribution in [3.63, 3.8) is 0 Å². The molecule has 0 aliphatic rings. The van der Waals surface area contributed by atoms with Crippen LogP contribution in [0.15, 0.2) is 18.2 Å². The molecule has 1 unspecified atom stereocenters. The van der Waals surface area contributed by atoms with E-state index in [0.29, 0.717) is 11.3 Å². The number of carboxylic acids is 1. The van der Waals surface area contributed by atoms with Crippen LogP contribution in [0.25, 0.3) is 0 Å². The van der Waals surface area contributed by atoms with E-state index in [0.717, 1.165) is 0 Å². The van der Waals surface area contributed by atoms with E-state index < -0.39 is 12.1 Å². The molecule has 0 amide bonds. The molecule has 0 bridgehead atoms. The van der Waals surface area contributed by atoms with Gasteiger partial charge in [-0.05, 0) is 30.7 Å². The Bertz CT molecular complexity index is 388. The number of ether oxygens (including phenoxy) is 1. The Morgan fingerprint density at radius 2 is 2.06 bits per heavy atom. The number of aliphatic carboxylic acids is 1. The van der Waals surface area contributed by atoms with Crippen molar-refractivity contribution in [2.45, 2.75) is 26.9 Å². The number of carboxylic acid groups (broad SMARTS) is 1. The topological polar surface area (TPSA) is 46.5 Å². The molecule has 0 saturated carbocycles. The molecule has 0 aliphatic heterocycles. The highest BCUT2D eigenvalue weighted by molar-refractivity contribution is 5.73. The van der Waals surface area contributed by atoms with E-state index in [1.807, 2.05) is 0 Å². The number of halogens is 1. The molecule has 0 saturated heterocycles. The molecule has 0 radical (unpaired) electrons. The van der Waals surface area contributed by atoms with Gasteiger partial charge in [-0.1, -0.05) is 13.8 Å². The Morgan fingerprint density at radius 3 is 2.50 bits per heavy atom. The molecular formula is C12H15FO3. The van der Waals surface area contributed by atoms with Gasteiger partial charge in [-0.15, -0.1) is 0 Å². The van der Waals surface area contributed by atoms with Crippen molar-refractivity contribution in [2.24, 2.45) is 5.92 Å². The van der Waals surface area contributed by atoms with Crippen LogP contribution < -0.4 is 4.74 Å². The van der Waals surface area contributed by atoms with Crippen LogP contribution in [0.2, 0.25) is 0 Å². The average Bonchev–Trinajstić information content (AvgIpc) is 2.15. The maximum Gasteiger partial charge on any atom is 0.345 e. The van der Waals surface area contributed by atoms with Crippen LogP contribution in [0.1, 0.15) is 19.4 Å². The minimum atomic E-state index is -1.02. The first-order valence-corrected chi connectivity index (χ1v) is 5.07.